The van der Waals surface area contributed by atoms with Crippen LogP contribution in [0.5, 0.6) is 0 Å². The first kappa shape index (κ1) is 14.5. The fourth-order valence-electron chi connectivity index (χ4n) is 1.93. The summed E-state index contributed by atoms with van der Waals surface area (Å²) in [6.45, 7) is 0.720. The number of carbonyl (C=O) groups is 1. The minimum absolute atomic E-state index is 0.103. The molecule has 2 rings (SSSR count). The van der Waals surface area contributed by atoms with Crippen molar-refractivity contribution in [2.24, 2.45) is 0 Å². The third kappa shape index (κ3) is 3.76. The quantitative estimate of drug-likeness (QED) is 0.887. The molecule has 0 radical (unpaired) electrons. The summed E-state index contributed by atoms with van der Waals surface area (Å²) in [6, 6.07) is 0. The Balaban J connectivity index is 1.92. The lowest BCUT2D eigenvalue weighted by molar-refractivity contribution is 0.0958. The van der Waals surface area contributed by atoms with Gasteiger partial charge in [-0.3, -0.25) is 4.79 Å². The molecule has 1 atom stereocenters. The highest BCUT2D eigenvalue weighted by Gasteiger charge is 2.19. The summed E-state index contributed by atoms with van der Waals surface area (Å²) < 4.78 is 0. The molecule has 1 amide bonds. The van der Waals surface area contributed by atoms with Crippen LogP contribution in [-0.4, -0.2) is 42.5 Å². The molecule has 1 saturated heterocycles. The lowest BCUT2D eigenvalue weighted by Crippen LogP contribution is -2.31. The summed E-state index contributed by atoms with van der Waals surface area (Å²) in [6.07, 6.45) is 3.75. The van der Waals surface area contributed by atoms with Crippen molar-refractivity contribution in [2.75, 3.05) is 37.0 Å². The number of thiazole rings is 1. The van der Waals surface area contributed by atoms with Crippen molar-refractivity contribution >= 4 is 40.0 Å². The first-order valence-electron chi connectivity index (χ1n) is 6.41. The molecule has 0 bridgehead atoms. The first-order valence-corrected chi connectivity index (χ1v) is 8.28. The van der Waals surface area contributed by atoms with E-state index in [2.05, 4.69) is 10.3 Å². The van der Waals surface area contributed by atoms with Gasteiger partial charge in [-0.25, -0.2) is 4.98 Å². The summed E-state index contributed by atoms with van der Waals surface area (Å²) in [7, 11) is 3.78. The fourth-order valence-corrected chi connectivity index (χ4v) is 3.99. The Kier molecular flexibility index (Phi) is 4.93. The van der Waals surface area contributed by atoms with Crippen LogP contribution in [-0.2, 0) is 0 Å². The van der Waals surface area contributed by atoms with Gasteiger partial charge in [0.05, 0.1) is 0 Å². The van der Waals surface area contributed by atoms with Crippen LogP contribution in [0.15, 0.2) is 0 Å². The zero-order valence-corrected chi connectivity index (χ0v) is 12.9. The number of carbonyl (C=O) groups excluding carboxylic acids is 1. The molecular weight excluding hydrogens is 280 g/mol. The van der Waals surface area contributed by atoms with E-state index < -0.39 is 0 Å². The molecule has 1 fully saturated rings. The third-order valence-electron chi connectivity index (χ3n) is 3.00. The number of amides is 1. The smallest absolute Gasteiger partial charge is 0.265 e. The lowest BCUT2D eigenvalue weighted by atomic mass is 10.2. The van der Waals surface area contributed by atoms with E-state index in [0.717, 1.165) is 11.7 Å². The molecule has 2 heterocycles. The van der Waals surface area contributed by atoms with Gasteiger partial charge in [-0.1, -0.05) is 17.8 Å². The Labute approximate surface area is 122 Å². The van der Waals surface area contributed by atoms with E-state index in [0.29, 0.717) is 15.9 Å². The van der Waals surface area contributed by atoms with Crippen LogP contribution in [0, 0.1) is 0 Å². The van der Waals surface area contributed by atoms with Crippen LogP contribution in [0.1, 0.15) is 28.9 Å². The van der Waals surface area contributed by atoms with Crippen molar-refractivity contribution in [2.45, 2.75) is 24.5 Å². The molecule has 19 heavy (non-hydrogen) atoms. The number of thioether (sulfide) groups is 1. The second kappa shape index (κ2) is 6.47. The normalized spacial score (nSPS) is 19.2. The predicted octanol–water partition coefficient (Wildman–Crippen LogP) is 1.81. The number of rotatable bonds is 4. The number of nitrogens with one attached hydrogen (secondary N) is 1. The van der Waals surface area contributed by atoms with Crippen LogP contribution in [0.4, 0.5) is 10.9 Å². The second-order valence-electron chi connectivity index (χ2n) is 4.80. The standard InChI is InChI=1S/C12H20N4OS2/c1-16(2)12-15-10(13)9(19-12)11(17)14-7-8-5-3-4-6-18-8/h8H,3-7,13H2,1-2H3,(H,14,17). The molecule has 1 aromatic heterocycles. The maximum absolute atomic E-state index is 12.1. The molecule has 0 spiro atoms. The van der Waals surface area contributed by atoms with Gasteiger partial charge in [0.15, 0.2) is 5.13 Å². The number of nitrogens with zero attached hydrogens (tertiary/aromatic N) is 2. The maximum atomic E-state index is 12.1. The van der Waals surface area contributed by atoms with E-state index in [1.807, 2.05) is 30.8 Å². The van der Waals surface area contributed by atoms with Crippen LogP contribution < -0.4 is 16.0 Å². The number of anilines is 2. The molecule has 7 heteroatoms. The van der Waals surface area contributed by atoms with Gasteiger partial charge in [-0.15, -0.1) is 0 Å². The van der Waals surface area contributed by atoms with Gasteiger partial charge in [0.1, 0.15) is 10.7 Å². The zero-order valence-electron chi connectivity index (χ0n) is 11.3. The summed E-state index contributed by atoms with van der Waals surface area (Å²) in [5.74, 6) is 1.42. The van der Waals surface area contributed by atoms with E-state index in [1.165, 1.54) is 36.4 Å². The number of hydrogen-bond donors (Lipinski definition) is 2. The molecule has 1 unspecified atom stereocenters. The molecule has 1 aliphatic heterocycles. The number of nitrogens with two attached hydrogens (primary N) is 1. The van der Waals surface area contributed by atoms with Gasteiger partial charge in [0.25, 0.3) is 5.91 Å². The van der Waals surface area contributed by atoms with E-state index in [4.69, 9.17) is 5.73 Å². The van der Waals surface area contributed by atoms with Gasteiger partial charge >= 0.3 is 0 Å². The van der Waals surface area contributed by atoms with E-state index >= 15 is 0 Å². The Morgan fingerprint density at radius 1 is 1.53 bits per heavy atom. The van der Waals surface area contributed by atoms with Gasteiger partial charge in [-0.2, -0.15) is 11.8 Å². The number of aromatic nitrogens is 1. The van der Waals surface area contributed by atoms with E-state index in [1.54, 1.807) is 0 Å². The Morgan fingerprint density at radius 3 is 2.89 bits per heavy atom. The largest absolute Gasteiger partial charge is 0.382 e. The molecule has 1 aliphatic rings. The van der Waals surface area contributed by atoms with Crippen molar-refractivity contribution in [1.29, 1.82) is 0 Å². The van der Waals surface area contributed by atoms with Crippen molar-refractivity contribution in [1.82, 2.24) is 10.3 Å². The van der Waals surface area contributed by atoms with Gasteiger partial charge < -0.3 is 16.0 Å². The fraction of sp³-hybridized carbons (Fsp3) is 0.667. The average Bonchev–Trinajstić information content (AvgIpc) is 2.80. The molecule has 1 aromatic rings. The third-order valence-corrected chi connectivity index (χ3v) is 5.63. The van der Waals surface area contributed by atoms with Gasteiger partial charge in [0, 0.05) is 25.9 Å². The molecule has 3 N–H and O–H groups in total. The Bertz CT molecular complexity index is 441. The summed E-state index contributed by atoms with van der Waals surface area (Å²) in [5, 5.41) is 4.27. The van der Waals surface area contributed by atoms with Crippen LogP contribution in [0.2, 0.25) is 0 Å². The lowest BCUT2D eigenvalue weighted by Gasteiger charge is -2.21. The highest BCUT2D eigenvalue weighted by Crippen LogP contribution is 2.27. The summed E-state index contributed by atoms with van der Waals surface area (Å²) in [4.78, 5) is 18.7. The minimum Gasteiger partial charge on any atom is -0.382 e. The van der Waals surface area contributed by atoms with Crippen molar-refractivity contribution in [3.63, 3.8) is 0 Å². The topological polar surface area (TPSA) is 71.2 Å². The van der Waals surface area contributed by atoms with Crippen LogP contribution in [0.3, 0.4) is 0 Å². The predicted molar refractivity (Wildman–Crippen MR) is 83.3 cm³/mol. The maximum Gasteiger partial charge on any atom is 0.265 e. The Hall–Kier alpha value is -0.950. The zero-order chi connectivity index (χ0) is 13.8. The number of hydrogen-bond acceptors (Lipinski definition) is 6. The molecule has 5 nitrogen and oxygen atoms in total. The molecule has 0 aliphatic carbocycles. The van der Waals surface area contributed by atoms with Crippen molar-refractivity contribution in [3.05, 3.63) is 4.88 Å². The van der Waals surface area contributed by atoms with Crippen molar-refractivity contribution < 1.29 is 4.79 Å². The molecule has 0 saturated carbocycles. The second-order valence-corrected chi connectivity index (χ2v) is 7.19. The van der Waals surface area contributed by atoms with Crippen molar-refractivity contribution in [3.8, 4) is 0 Å². The summed E-state index contributed by atoms with van der Waals surface area (Å²) in [5.41, 5.74) is 5.80. The SMILES string of the molecule is CN(C)c1nc(N)c(C(=O)NCC2CCCCS2)s1. The average molecular weight is 300 g/mol. The monoisotopic (exact) mass is 300 g/mol. The van der Waals surface area contributed by atoms with Gasteiger partial charge in [-0.05, 0) is 18.6 Å². The summed E-state index contributed by atoms with van der Waals surface area (Å²) >= 11 is 3.28. The van der Waals surface area contributed by atoms with Crippen LogP contribution >= 0.6 is 23.1 Å². The number of nitrogen functional groups attached to an aromatic ring is 1. The Morgan fingerprint density at radius 2 is 2.32 bits per heavy atom. The van der Waals surface area contributed by atoms with Gasteiger partial charge in [0.2, 0.25) is 0 Å². The van der Waals surface area contributed by atoms with E-state index in [9.17, 15) is 4.79 Å². The van der Waals surface area contributed by atoms with Crippen LogP contribution in [0.25, 0.3) is 0 Å². The minimum atomic E-state index is -0.103. The molecule has 0 aromatic carbocycles. The molecule has 106 valence electrons. The highest BCUT2D eigenvalue weighted by molar-refractivity contribution is 7.99. The first-order chi connectivity index (χ1) is 9.08. The van der Waals surface area contributed by atoms with E-state index in [-0.39, 0.29) is 5.91 Å². The highest BCUT2D eigenvalue weighted by atomic mass is 32.2. The molecular formula is C12H20N4OS2.